The number of rotatable bonds is 12. The molecule has 1 heterocycles. The summed E-state index contributed by atoms with van der Waals surface area (Å²) >= 11 is 0. The van der Waals surface area contributed by atoms with Gasteiger partial charge in [0, 0.05) is 13.0 Å². The van der Waals surface area contributed by atoms with Crippen molar-refractivity contribution in [3.05, 3.63) is 35.9 Å². The van der Waals surface area contributed by atoms with Gasteiger partial charge in [0.25, 0.3) is 5.78 Å². The molecule has 0 aliphatic carbocycles. The maximum absolute atomic E-state index is 12.3. The molecular formula is C22H31NO4. The van der Waals surface area contributed by atoms with Gasteiger partial charge in [-0.3, -0.25) is 9.59 Å². The number of amides is 1. The summed E-state index contributed by atoms with van der Waals surface area (Å²) in [5, 5.41) is 8.85. The Morgan fingerprint density at radius 1 is 0.926 bits per heavy atom. The van der Waals surface area contributed by atoms with E-state index >= 15 is 0 Å². The average molecular weight is 373 g/mol. The van der Waals surface area contributed by atoms with E-state index in [0.717, 1.165) is 25.7 Å². The molecule has 0 saturated carbocycles. The summed E-state index contributed by atoms with van der Waals surface area (Å²) in [6, 6.07) is 9.80. The first-order valence-electron chi connectivity index (χ1n) is 10.2. The van der Waals surface area contributed by atoms with E-state index in [1.165, 1.54) is 36.1 Å². The average Bonchev–Trinajstić information content (AvgIpc) is 3.16. The second-order valence-electron chi connectivity index (χ2n) is 7.38. The fourth-order valence-electron chi connectivity index (χ4n) is 3.76. The highest BCUT2D eigenvalue weighted by atomic mass is 16.4. The van der Waals surface area contributed by atoms with Crippen LogP contribution in [0.15, 0.2) is 30.3 Å². The predicted octanol–water partition coefficient (Wildman–Crippen LogP) is 3.99. The molecule has 2 rings (SSSR count). The lowest BCUT2D eigenvalue weighted by molar-refractivity contribution is -0.152. The van der Waals surface area contributed by atoms with E-state index < -0.39 is 17.8 Å². The lowest BCUT2D eigenvalue weighted by Crippen LogP contribution is -2.43. The number of aryl methyl sites for hydroxylation is 1. The van der Waals surface area contributed by atoms with Gasteiger partial charge in [0.05, 0.1) is 0 Å². The SMILES string of the molecule is O=C(O)C(=O)[C@@H]1CCCN1C(=O)CCCCCCCCCc1ccccc1. The Bertz CT molecular complexity index is 614. The molecule has 1 aromatic carbocycles. The summed E-state index contributed by atoms with van der Waals surface area (Å²) in [6.45, 7) is 0.504. The van der Waals surface area contributed by atoms with Gasteiger partial charge < -0.3 is 10.0 Å². The highest BCUT2D eigenvalue weighted by molar-refractivity contribution is 6.35. The van der Waals surface area contributed by atoms with Crippen molar-refractivity contribution >= 4 is 17.7 Å². The van der Waals surface area contributed by atoms with Crippen molar-refractivity contribution in [3.63, 3.8) is 0 Å². The summed E-state index contributed by atoms with van der Waals surface area (Å²) in [6.07, 6.45) is 10.5. The van der Waals surface area contributed by atoms with E-state index in [2.05, 4.69) is 24.3 Å². The normalized spacial score (nSPS) is 16.4. The Hall–Kier alpha value is -2.17. The molecule has 5 nitrogen and oxygen atoms in total. The minimum atomic E-state index is -1.44. The van der Waals surface area contributed by atoms with Gasteiger partial charge in [0.1, 0.15) is 6.04 Å². The molecule has 1 aliphatic heterocycles. The Kier molecular flexibility index (Phi) is 9.02. The highest BCUT2D eigenvalue weighted by Crippen LogP contribution is 2.20. The van der Waals surface area contributed by atoms with Gasteiger partial charge >= 0.3 is 5.97 Å². The third kappa shape index (κ3) is 7.16. The first kappa shape index (κ1) is 21.1. The molecule has 1 atom stereocenters. The van der Waals surface area contributed by atoms with Crippen molar-refractivity contribution < 1.29 is 19.5 Å². The molecule has 0 radical (unpaired) electrons. The smallest absolute Gasteiger partial charge is 0.374 e. The fraction of sp³-hybridized carbons (Fsp3) is 0.591. The third-order valence-corrected chi connectivity index (χ3v) is 5.29. The van der Waals surface area contributed by atoms with Crippen LogP contribution in [0, 0.1) is 0 Å². The van der Waals surface area contributed by atoms with Crippen LogP contribution in [0.3, 0.4) is 0 Å². The molecule has 1 aliphatic rings. The summed E-state index contributed by atoms with van der Waals surface area (Å²) in [5.41, 5.74) is 1.40. The second-order valence-corrected chi connectivity index (χ2v) is 7.38. The van der Waals surface area contributed by atoms with E-state index in [4.69, 9.17) is 5.11 Å². The van der Waals surface area contributed by atoms with Gasteiger partial charge in [-0.05, 0) is 37.7 Å². The summed E-state index contributed by atoms with van der Waals surface area (Å²) in [7, 11) is 0. The Labute approximate surface area is 161 Å². The fourth-order valence-corrected chi connectivity index (χ4v) is 3.76. The number of carbonyl (C=O) groups excluding carboxylic acids is 2. The van der Waals surface area contributed by atoms with Crippen LogP contribution in [0.25, 0.3) is 0 Å². The topological polar surface area (TPSA) is 74.7 Å². The Balaban J connectivity index is 1.50. The number of aliphatic carboxylic acids is 1. The molecule has 0 aromatic heterocycles. The zero-order chi connectivity index (χ0) is 19.5. The van der Waals surface area contributed by atoms with Crippen molar-refractivity contribution in [1.82, 2.24) is 4.90 Å². The number of hydrogen-bond donors (Lipinski definition) is 1. The van der Waals surface area contributed by atoms with E-state index in [0.29, 0.717) is 25.8 Å². The lowest BCUT2D eigenvalue weighted by Gasteiger charge is -2.22. The van der Waals surface area contributed by atoms with Gasteiger partial charge in [-0.1, -0.05) is 62.4 Å². The van der Waals surface area contributed by atoms with E-state index in [1.807, 2.05) is 6.07 Å². The number of benzene rings is 1. The maximum atomic E-state index is 12.3. The Morgan fingerprint density at radius 2 is 1.56 bits per heavy atom. The second kappa shape index (κ2) is 11.5. The van der Waals surface area contributed by atoms with E-state index in [-0.39, 0.29) is 5.91 Å². The van der Waals surface area contributed by atoms with Gasteiger partial charge in [-0.15, -0.1) is 0 Å². The minimum Gasteiger partial charge on any atom is -0.475 e. The van der Waals surface area contributed by atoms with Crippen molar-refractivity contribution in [1.29, 1.82) is 0 Å². The molecule has 0 unspecified atom stereocenters. The first-order chi connectivity index (χ1) is 13.1. The molecule has 1 aromatic rings. The molecule has 0 bridgehead atoms. The quantitative estimate of drug-likeness (QED) is 0.444. The number of carbonyl (C=O) groups is 3. The number of unbranched alkanes of at least 4 members (excludes halogenated alkanes) is 6. The highest BCUT2D eigenvalue weighted by Gasteiger charge is 2.36. The minimum absolute atomic E-state index is 0.0741. The molecule has 5 heteroatoms. The number of Topliss-reactive ketones (excluding diaryl/α,β-unsaturated/α-hetero) is 1. The van der Waals surface area contributed by atoms with Gasteiger partial charge in [-0.2, -0.15) is 0 Å². The van der Waals surface area contributed by atoms with E-state index in [9.17, 15) is 14.4 Å². The standard InChI is InChI=1S/C22H31NO4/c24-20(23-17-11-15-19(23)21(25)22(26)27)16-10-5-3-1-2-4-7-12-18-13-8-6-9-14-18/h6,8-9,13-14,19H,1-5,7,10-12,15-17H2,(H,26,27)/t19-/m0/s1. The third-order valence-electron chi connectivity index (χ3n) is 5.29. The molecule has 0 spiro atoms. The van der Waals surface area contributed by atoms with Crippen LogP contribution < -0.4 is 0 Å². The summed E-state index contributed by atoms with van der Waals surface area (Å²) in [5.74, 6) is -2.36. The molecular weight excluding hydrogens is 342 g/mol. The van der Waals surface area contributed by atoms with Crippen LogP contribution in [0.5, 0.6) is 0 Å². The molecule has 1 fully saturated rings. The van der Waals surface area contributed by atoms with Gasteiger partial charge in [0.15, 0.2) is 0 Å². The van der Waals surface area contributed by atoms with Crippen LogP contribution >= 0.6 is 0 Å². The zero-order valence-electron chi connectivity index (χ0n) is 16.1. The van der Waals surface area contributed by atoms with Crippen molar-refractivity contribution in [3.8, 4) is 0 Å². The summed E-state index contributed by atoms with van der Waals surface area (Å²) in [4.78, 5) is 36.3. The maximum Gasteiger partial charge on any atom is 0.374 e. The number of carboxylic acid groups (broad SMARTS) is 1. The Morgan fingerprint density at radius 3 is 2.22 bits per heavy atom. The predicted molar refractivity (Wildman–Crippen MR) is 104 cm³/mol. The zero-order valence-corrected chi connectivity index (χ0v) is 16.1. The van der Waals surface area contributed by atoms with Crippen molar-refractivity contribution in [2.45, 2.75) is 76.7 Å². The van der Waals surface area contributed by atoms with Crippen molar-refractivity contribution in [2.75, 3.05) is 6.54 Å². The van der Waals surface area contributed by atoms with E-state index in [1.54, 1.807) is 0 Å². The number of carboxylic acids is 1. The number of nitrogens with zero attached hydrogens (tertiary/aromatic N) is 1. The van der Waals surface area contributed by atoms with Crippen LogP contribution in [-0.4, -0.2) is 40.3 Å². The van der Waals surface area contributed by atoms with Crippen LogP contribution in [0.1, 0.15) is 69.8 Å². The van der Waals surface area contributed by atoms with Crippen molar-refractivity contribution in [2.24, 2.45) is 0 Å². The van der Waals surface area contributed by atoms with Crippen LogP contribution in [0.2, 0.25) is 0 Å². The van der Waals surface area contributed by atoms with Gasteiger partial charge in [0.2, 0.25) is 5.91 Å². The number of hydrogen-bond acceptors (Lipinski definition) is 3. The first-order valence-corrected chi connectivity index (χ1v) is 10.2. The number of likely N-dealkylation sites (tertiary alicyclic amines) is 1. The van der Waals surface area contributed by atoms with Gasteiger partial charge in [-0.25, -0.2) is 4.79 Å². The number of ketones is 1. The molecule has 1 amide bonds. The molecule has 148 valence electrons. The monoisotopic (exact) mass is 373 g/mol. The largest absolute Gasteiger partial charge is 0.475 e. The molecule has 1 N–H and O–H groups in total. The van der Waals surface area contributed by atoms with Crippen LogP contribution in [0.4, 0.5) is 0 Å². The lowest BCUT2D eigenvalue weighted by atomic mass is 10.0. The molecule has 27 heavy (non-hydrogen) atoms. The molecule has 1 saturated heterocycles. The van der Waals surface area contributed by atoms with Crippen LogP contribution in [-0.2, 0) is 20.8 Å². The summed E-state index contributed by atoms with van der Waals surface area (Å²) < 4.78 is 0.